The van der Waals surface area contributed by atoms with Crippen LogP contribution in [0.25, 0.3) is 0 Å². The van der Waals surface area contributed by atoms with E-state index in [1.54, 1.807) is 29.2 Å². The van der Waals surface area contributed by atoms with Crippen LogP contribution >= 0.6 is 11.6 Å². The molecule has 2 rings (SSSR count). The molecule has 24 heavy (non-hydrogen) atoms. The SMILES string of the molecule is C=CCC(=O)N1[C@@H](/C=C/C(=O)OC)COC[C@H]1c1ccc(Cl)cc1. The molecule has 1 fully saturated rings. The lowest BCUT2D eigenvalue weighted by Crippen LogP contribution is -2.49. The predicted molar refractivity (Wildman–Crippen MR) is 91.6 cm³/mol. The summed E-state index contributed by atoms with van der Waals surface area (Å²) >= 11 is 5.94. The zero-order valence-corrected chi connectivity index (χ0v) is 14.2. The van der Waals surface area contributed by atoms with Gasteiger partial charge in [0.05, 0.1) is 32.4 Å². The minimum absolute atomic E-state index is 0.0761. The molecule has 0 radical (unpaired) electrons. The first-order valence-electron chi connectivity index (χ1n) is 7.58. The van der Waals surface area contributed by atoms with E-state index in [2.05, 4.69) is 11.3 Å². The summed E-state index contributed by atoms with van der Waals surface area (Å²) in [5, 5.41) is 0.626. The van der Waals surface area contributed by atoms with E-state index >= 15 is 0 Å². The second-order valence-electron chi connectivity index (χ2n) is 5.35. The Balaban J connectivity index is 2.31. The quantitative estimate of drug-likeness (QED) is 0.466. The topological polar surface area (TPSA) is 55.8 Å². The molecule has 2 atom stereocenters. The van der Waals surface area contributed by atoms with Crippen LogP contribution in [0, 0.1) is 0 Å². The average Bonchev–Trinajstić information content (AvgIpc) is 2.60. The molecular formula is C18H20ClNO4. The van der Waals surface area contributed by atoms with E-state index in [9.17, 15) is 9.59 Å². The molecule has 0 bridgehead atoms. The molecule has 1 heterocycles. The van der Waals surface area contributed by atoms with Crippen molar-refractivity contribution in [2.24, 2.45) is 0 Å². The third kappa shape index (κ3) is 4.46. The molecule has 0 aliphatic carbocycles. The minimum Gasteiger partial charge on any atom is -0.466 e. The summed E-state index contributed by atoms with van der Waals surface area (Å²) in [7, 11) is 1.31. The highest BCUT2D eigenvalue weighted by Crippen LogP contribution is 2.29. The number of halogens is 1. The molecule has 1 saturated heterocycles. The van der Waals surface area contributed by atoms with E-state index in [0.29, 0.717) is 18.2 Å². The first-order valence-corrected chi connectivity index (χ1v) is 7.96. The molecule has 1 amide bonds. The molecule has 0 N–H and O–H groups in total. The van der Waals surface area contributed by atoms with Gasteiger partial charge >= 0.3 is 5.97 Å². The van der Waals surface area contributed by atoms with Gasteiger partial charge in [0.15, 0.2) is 0 Å². The van der Waals surface area contributed by atoms with E-state index in [0.717, 1.165) is 5.56 Å². The summed E-state index contributed by atoms with van der Waals surface area (Å²) in [5.41, 5.74) is 0.924. The maximum absolute atomic E-state index is 12.6. The Morgan fingerprint density at radius 1 is 1.38 bits per heavy atom. The molecule has 1 aliphatic heterocycles. The van der Waals surface area contributed by atoms with E-state index in [-0.39, 0.29) is 24.4 Å². The van der Waals surface area contributed by atoms with Gasteiger partial charge in [0, 0.05) is 17.5 Å². The van der Waals surface area contributed by atoms with Crippen LogP contribution in [0.1, 0.15) is 18.0 Å². The molecule has 1 aliphatic rings. The Hall–Kier alpha value is -2.11. The first-order chi connectivity index (χ1) is 11.6. The zero-order chi connectivity index (χ0) is 17.5. The predicted octanol–water partition coefficient (Wildman–Crippen LogP) is 2.91. The number of hydrogen-bond donors (Lipinski definition) is 0. The molecule has 5 nitrogen and oxygen atoms in total. The highest BCUT2D eigenvalue weighted by Gasteiger charge is 2.34. The van der Waals surface area contributed by atoms with Gasteiger partial charge in [0.25, 0.3) is 0 Å². The van der Waals surface area contributed by atoms with Crippen molar-refractivity contribution in [3.8, 4) is 0 Å². The van der Waals surface area contributed by atoms with E-state index in [4.69, 9.17) is 16.3 Å². The van der Waals surface area contributed by atoms with Crippen molar-refractivity contribution in [3.63, 3.8) is 0 Å². The van der Waals surface area contributed by atoms with E-state index < -0.39 is 5.97 Å². The van der Waals surface area contributed by atoms with Gasteiger partial charge < -0.3 is 14.4 Å². The molecule has 0 unspecified atom stereocenters. The number of rotatable bonds is 5. The third-order valence-corrected chi connectivity index (χ3v) is 4.03. The van der Waals surface area contributed by atoms with Crippen molar-refractivity contribution in [1.29, 1.82) is 0 Å². The molecule has 128 valence electrons. The van der Waals surface area contributed by atoms with Gasteiger partial charge in [-0.1, -0.05) is 35.9 Å². The lowest BCUT2D eigenvalue weighted by molar-refractivity contribution is -0.143. The van der Waals surface area contributed by atoms with Crippen LogP contribution < -0.4 is 0 Å². The number of morpholine rings is 1. The molecule has 0 spiro atoms. The highest BCUT2D eigenvalue weighted by atomic mass is 35.5. The molecule has 0 saturated carbocycles. The average molecular weight is 350 g/mol. The number of esters is 1. The van der Waals surface area contributed by atoms with Gasteiger partial charge in [-0.3, -0.25) is 4.79 Å². The monoisotopic (exact) mass is 349 g/mol. The lowest BCUT2D eigenvalue weighted by Gasteiger charge is -2.41. The summed E-state index contributed by atoms with van der Waals surface area (Å²) in [6.07, 6.45) is 4.73. The number of hydrogen-bond acceptors (Lipinski definition) is 4. The molecule has 6 heteroatoms. The summed E-state index contributed by atoms with van der Waals surface area (Å²) in [6.45, 7) is 4.33. The van der Waals surface area contributed by atoms with Crippen LogP contribution in [0.2, 0.25) is 5.02 Å². The smallest absolute Gasteiger partial charge is 0.330 e. The fourth-order valence-electron chi connectivity index (χ4n) is 2.63. The van der Waals surface area contributed by atoms with Crippen LogP contribution in [0.5, 0.6) is 0 Å². The summed E-state index contributed by atoms with van der Waals surface area (Å²) in [4.78, 5) is 25.7. The van der Waals surface area contributed by atoms with Crippen LogP contribution in [0.15, 0.2) is 49.1 Å². The van der Waals surface area contributed by atoms with Crippen LogP contribution in [0.4, 0.5) is 0 Å². The van der Waals surface area contributed by atoms with Crippen molar-refractivity contribution < 1.29 is 19.1 Å². The molecule has 1 aromatic rings. The lowest BCUT2D eigenvalue weighted by atomic mass is 10.0. The van der Waals surface area contributed by atoms with Gasteiger partial charge in [-0.2, -0.15) is 0 Å². The Kier molecular flexibility index (Phi) is 6.58. The standard InChI is InChI=1S/C18H20ClNO4/c1-3-4-17(21)20-15(9-10-18(22)23-2)11-24-12-16(20)13-5-7-14(19)8-6-13/h3,5-10,15-16H,1,4,11-12H2,2H3/b10-9+/t15-,16-/m0/s1. The normalized spacial score (nSPS) is 20.8. The van der Waals surface area contributed by atoms with Crippen LogP contribution in [0.3, 0.4) is 0 Å². The second kappa shape index (κ2) is 8.66. The number of benzene rings is 1. The number of carbonyl (C=O) groups excluding carboxylic acids is 2. The molecule has 0 aromatic heterocycles. The van der Waals surface area contributed by atoms with E-state index in [1.807, 2.05) is 12.1 Å². The Morgan fingerprint density at radius 3 is 2.71 bits per heavy atom. The van der Waals surface area contributed by atoms with Crippen LogP contribution in [-0.4, -0.2) is 43.1 Å². The van der Waals surface area contributed by atoms with Gasteiger partial charge in [-0.15, -0.1) is 6.58 Å². The van der Waals surface area contributed by atoms with Crippen LogP contribution in [-0.2, 0) is 19.1 Å². The molecular weight excluding hydrogens is 330 g/mol. The van der Waals surface area contributed by atoms with Crippen molar-refractivity contribution in [2.75, 3.05) is 20.3 Å². The fraction of sp³-hybridized carbons (Fsp3) is 0.333. The van der Waals surface area contributed by atoms with Crippen molar-refractivity contribution in [1.82, 2.24) is 4.90 Å². The van der Waals surface area contributed by atoms with Gasteiger partial charge in [0.1, 0.15) is 0 Å². The number of carbonyl (C=O) groups is 2. The highest BCUT2D eigenvalue weighted by molar-refractivity contribution is 6.30. The molecule has 1 aromatic carbocycles. The Bertz CT molecular complexity index is 626. The Morgan fingerprint density at radius 2 is 2.08 bits per heavy atom. The fourth-order valence-corrected chi connectivity index (χ4v) is 2.75. The summed E-state index contributed by atoms with van der Waals surface area (Å²) < 4.78 is 10.3. The number of ether oxygens (including phenoxy) is 2. The third-order valence-electron chi connectivity index (χ3n) is 3.77. The summed E-state index contributed by atoms with van der Waals surface area (Å²) in [6, 6.07) is 6.69. The Labute approximate surface area is 146 Å². The summed E-state index contributed by atoms with van der Waals surface area (Å²) in [5.74, 6) is -0.549. The van der Waals surface area contributed by atoms with Gasteiger partial charge in [-0.25, -0.2) is 4.79 Å². The number of amides is 1. The van der Waals surface area contributed by atoms with E-state index in [1.165, 1.54) is 13.2 Å². The van der Waals surface area contributed by atoms with Crippen molar-refractivity contribution >= 4 is 23.5 Å². The maximum atomic E-state index is 12.6. The zero-order valence-electron chi connectivity index (χ0n) is 13.5. The minimum atomic E-state index is -0.472. The maximum Gasteiger partial charge on any atom is 0.330 e. The van der Waals surface area contributed by atoms with Crippen molar-refractivity contribution in [2.45, 2.75) is 18.5 Å². The number of methoxy groups -OCH3 is 1. The number of nitrogens with zero attached hydrogens (tertiary/aromatic N) is 1. The van der Waals surface area contributed by atoms with Gasteiger partial charge in [-0.05, 0) is 17.7 Å². The second-order valence-corrected chi connectivity index (χ2v) is 5.78. The largest absolute Gasteiger partial charge is 0.466 e. The van der Waals surface area contributed by atoms with Gasteiger partial charge in [0.2, 0.25) is 5.91 Å². The first kappa shape index (κ1) is 18.2. The van der Waals surface area contributed by atoms with Crippen molar-refractivity contribution in [3.05, 3.63) is 59.7 Å².